The molecule has 4 rings (SSSR count). The summed E-state index contributed by atoms with van der Waals surface area (Å²) >= 11 is 6.40. The smallest absolute Gasteiger partial charge is 0.379 e. The fourth-order valence-corrected chi connectivity index (χ4v) is 5.14. The number of aromatic amines is 1. The van der Waals surface area contributed by atoms with Crippen molar-refractivity contribution in [2.45, 2.75) is 57.3 Å². The Bertz CT molecular complexity index is 1250. The summed E-state index contributed by atoms with van der Waals surface area (Å²) < 4.78 is 43.1. The first-order valence-corrected chi connectivity index (χ1v) is 10.8. The van der Waals surface area contributed by atoms with Gasteiger partial charge in [0.25, 0.3) is 5.56 Å². The van der Waals surface area contributed by atoms with Crippen LogP contribution in [-0.2, 0) is 0 Å². The highest BCUT2D eigenvalue weighted by Crippen LogP contribution is 2.55. The van der Waals surface area contributed by atoms with Crippen LogP contribution in [0.15, 0.2) is 41.3 Å². The molecule has 0 saturated carbocycles. The Hall–Kier alpha value is -2.51. The van der Waals surface area contributed by atoms with Gasteiger partial charge in [-0.1, -0.05) is 24.6 Å². The van der Waals surface area contributed by atoms with Crippen LogP contribution in [0.2, 0.25) is 5.02 Å². The maximum atomic E-state index is 14.4. The molecule has 0 saturated heterocycles. The average molecular weight is 465 g/mol. The van der Waals surface area contributed by atoms with Gasteiger partial charge in [-0.2, -0.15) is 13.2 Å². The van der Waals surface area contributed by atoms with Crippen LogP contribution in [0.3, 0.4) is 0 Å². The van der Waals surface area contributed by atoms with Crippen molar-refractivity contribution in [3.63, 3.8) is 0 Å². The molecule has 2 aromatic carbocycles. The van der Waals surface area contributed by atoms with Crippen molar-refractivity contribution in [2.24, 2.45) is 0 Å². The van der Waals surface area contributed by atoms with Crippen LogP contribution < -0.4 is 10.9 Å². The zero-order chi connectivity index (χ0) is 23.4. The summed E-state index contributed by atoms with van der Waals surface area (Å²) in [5.74, 6) is -0.471. The quantitative estimate of drug-likeness (QED) is 0.436. The number of H-pyrrole nitrogens is 1. The van der Waals surface area contributed by atoms with Gasteiger partial charge in [0.2, 0.25) is 0 Å². The molecule has 0 aliphatic heterocycles. The molecule has 8 heteroatoms. The number of benzene rings is 2. The second-order valence-electron chi connectivity index (χ2n) is 8.49. The molecule has 3 aromatic rings. The van der Waals surface area contributed by atoms with E-state index in [0.29, 0.717) is 33.5 Å². The Morgan fingerprint density at radius 1 is 1.22 bits per heavy atom. The van der Waals surface area contributed by atoms with Gasteiger partial charge in [0.1, 0.15) is 0 Å². The number of alkyl halides is 3. The van der Waals surface area contributed by atoms with Gasteiger partial charge in [0.15, 0.2) is 5.60 Å². The van der Waals surface area contributed by atoms with Crippen LogP contribution in [0.1, 0.15) is 54.0 Å². The summed E-state index contributed by atoms with van der Waals surface area (Å²) in [6.07, 6.45) is -3.46. The molecule has 0 amide bonds. The van der Waals surface area contributed by atoms with Crippen LogP contribution >= 0.6 is 11.6 Å². The summed E-state index contributed by atoms with van der Waals surface area (Å²) in [5.41, 5.74) is -0.258. The third-order valence-electron chi connectivity index (χ3n) is 6.77. The number of hydrogen-bond acceptors (Lipinski definition) is 3. The van der Waals surface area contributed by atoms with E-state index in [1.807, 2.05) is 20.8 Å². The predicted molar refractivity (Wildman–Crippen MR) is 121 cm³/mol. The summed E-state index contributed by atoms with van der Waals surface area (Å²) in [5, 5.41) is 15.3. The Kier molecular flexibility index (Phi) is 5.54. The minimum atomic E-state index is -4.89. The summed E-state index contributed by atoms with van der Waals surface area (Å²) in [6.45, 7) is 5.52. The first-order chi connectivity index (χ1) is 15.0. The van der Waals surface area contributed by atoms with Gasteiger partial charge < -0.3 is 15.4 Å². The van der Waals surface area contributed by atoms with E-state index in [-0.39, 0.29) is 5.56 Å². The van der Waals surface area contributed by atoms with Crippen LogP contribution in [0.25, 0.3) is 10.8 Å². The van der Waals surface area contributed by atoms with Gasteiger partial charge in [-0.3, -0.25) is 4.79 Å². The number of aliphatic hydroxyl groups is 1. The molecule has 1 aliphatic rings. The SMILES string of the molecule is CC[C@@H]1C[C@](O)(C(F)(F)F)[C@@H](Nc2cccc3c(=O)[nH]ccc23)c2cc(Cl)c(C)c(C)c21. The van der Waals surface area contributed by atoms with Crippen molar-refractivity contribution in [2.75, 3.05) is 5.32 Å². The Morgan fingerprint density at radius 2 is 1.94 bits per heavy atom. The monoisotopic (exact) mass is 464 g/mol. The van der Waals surface area contributed by atoms with Crippen molar-refractivity contribution in [1.82, 2.24) is 4.98 Å². The first kappa shape index (κ1) is 22.7. The Labute approximate surface area is 188 Å². The van der Waals surface area contributed by atoms with E-state index in [9.17, 15) is 23.1 Å². The van der Waals surface area contributed by atoms with E-state index in [4.69, 9.17) is 11.6 Å². The zero-order valence-corrected chi connectivity index (χ0v) is 18.7. The molecular formula is C24H24ClF3N2O2. The number of rotatable bonds is 3. The third kappa shape index (κ3) is 3.39. The van der Waals surface area contributed by atoms with Gasteiger partial charge in [-0.25, -0.2) is 0 Å². The van der Waals surface area contributed by atoms with Crippen LogP contribution in [0.4, 0.5) is 18.9 Å². The molecule has 1 aliphatic carbocycles. The first-order valence-electron chi connectivity index (χ1n) is 10.4. The fraction of sp³-hybridized carbons (Fsp3) is 0.375. The van der Waals surface area contributed by atoms with Crippen molar-refractivity contribution >= 4 is 28.1 Å². The Morgan fingerprint density at radius 3 is 2.59 bits per heavy atom. The highest BCUT2D eigenvalue weighted by atomic mass is 35.5. The number of fused-ring (bicyclic) bond motifs is 2. The van der Waals surface area contributed by atoms with E-state index >= 15 is 0 Å². The maximum Gasteiger partial charge on any atom is 0.419 e. The maximum absolute atomic E-state index is 14.4. The second-order valence-corrected chi connectivity index (χ2v) is 8.90. The van der Waals surface area contributed by atoms with Gasteiger partial charge in [-0.15, -0.1) is 0 Å². The molecule has 0 unspecified atom stereocenters. The van der Waals surface area contributed by atoms with Crippen LogP contribution in [-0.4, -0.2) is 21.9 Å². The summed E-state index contributed by atoms with van der Waals surface area (Å²) in [4.78, 5) is 14.8. The number of hydrogen-bond donors (Lipinski definition) is 3. The molecule has 1 heterocycles. The molecule has 0 radical (unpaired) electrons. The molecule has 32 heavy (non-hydrogen) atoms. The van der Waals surface area contributed by atoms with Crippen molar-refractivity contribution in [3.05, 3.63) is 74.2 Å². The molecule has 4 nitrogen and oxygen atoms in total. The van der Waals surface area contributed by atoms with E-state index in [1.54, 1.807) is 24.3 Å². The predicted octanol–water partition coefficient (Wildman–Crippen LogP) is 6.14. The van der Waals surface area contributed by atoms with E-state index in [2.05, 4.69) is 10.3 Å². The topological polar surface area (TPSA) is 65.1 Å². The van der Waals surface area contributed by atoms with Crippen molar-refractivity contribution < 1.29 is 18.3 Å². The number of anilines is 1. The minimum Gasteiger partial charge on any atom is -0.379 e. The Balaban J connectivity index is 1.98. The molecule has 0 spiro atoms. The van der Waals surface area contributed by atoms with Gasteiger partial charge in [0.05, 0.1) is 6.04 Å². The summed E-state index contributed by atoms with van der Waals surface area (Å²) in [6, 6.07) is 6.46. The molecular weight excluding hydrogens is 441 g/mol. The van der Waals surface area contributed by atoms with Gasteiger partial charge in [0, 0.05) is 27.7 Å². The van der Waals surface area contributed by atoms with E-state index in [0.717, 1.165) is 16.7 Å². The molecule has 0 bridgehead atoms. The van der Waals surface area contributed by atoms with Crippen molar-refractivity contribution in [1.29, 1.82) is 0 Å². The minimum absolute atomic E-state index is 0.330. The molecule has 170 valence electrons. The number of aromatic nitrogens is 1. The van der Waals surface area contributed by atoms with E-state index < -0.39 is 30.2 Å². The lowest BCUT2D eigenvalue weighted by Crippen LogP contribution is -2.55. The molecule has 3 atom stereocenters. The fourth-order valence-electron chi connectivity index (χ4n) is 4.88. The highest BCUT2D eigenvalue weighted by molar-refractivity contribution is 6.31. The highest BCUT2D eigenvalue weighted by Gasteiger charge is 2.62. The third-order valence-corrected chi connectivity index (χ3v) is 7.16. The van der Waals surface area contributed by atoms with Crippen LogP contribution in [0, 0.1) is 13.8 Å². The molecule has 3 N–H and O–H groups in total. The van der Waals surface area contributed by atoms with E-state index in [1.165, 1.54) is 12.3 Å². The number of pyridine rings is 1. The molecule has 0 fully saturated rings. The van der Waals surface area contributed by atoms with Gasteiger partial charge in [-0.05, 0) is 79.1 Å². The van der Waals surface area contributed by atoms with Gasteiger partial charge >= 0.3 is 6.18 Å². The summed E-state index contributed by atoms with van der Waals surface area (Å²) in [7, 11) is 0. The normalized spacial score (nSPS) is 23.2. The van der Waals surface area contributed by atoms with Crippen LogP contribution in [0.5, 0.6) is 0 Å². The number of halogens is 4. The largest absolute Gasteiger partial charge is 0.419 e. The lowest BCUT2D eigenvalue weighted by Gasteiger charge is -2.46. The standard InChI is InChI=1S/C24H24ClF3N2O2/c1-4-14-11-23(32,24(26,27)28)21(17-10-18(25)12(2)13(3)20(14)17)30-19-7-5-6-16-15(19)8-9-29-22(16)31/h5-10,14,21,30,32H,4,11H2,1-3H3,(H,29,31)/t14-,21+,23-/m1/s1. The average Bonchev–Trinajstić information content (AvgIpc) is 2.73. The molecule has 1 aromatic heterocycles. The zero-order valence-electron chi connectivity index (χ0n) is 17.9. The van der Waals surface area contributed by atoms with Crippen molar-refractivity contribution in [3.8, 4) is 0 Å². The lowest BCUT2D eigenvalue weighted by molar-refractivity contribution is -0.272. The lowest BCUT2D eigenvalue weighted by atomic mass is 9.68. The second kappa shape index (κ2) is 7.81. The number of nitrogens with one attached hydrogen (secondary N) is 2.